The maximum atomic E-state index is 13.2. The van der Waals surface area contributed by atoms with E-state index in [-0.39, 0.29) is 5.92 Å². The van der Waals surface area contributed by atoms with Crippen LogP contribution in [0.1, 0.15) is 56.3 Å². The zero-order valence-corrected chi connectivity index (χ0v) is 15.7. The van der Waals surface area contributed by atoms with E-state index in [1.807, 2.05) is 5.01 Å². The van der Waals surface area contributed by atoms with E-state index >= 15 is 0 Å². The molecule has 1 aromatic heterocycles. The smallest absolute Gasteiger partial charge is 0.240 e. The summed E-state index contributed by atoms with van der Waals surface area (Å²) >= 11 is 0. The van der Waals surface area contributed by atoms with Gasteiger partial charge in [-0.05, 0) is 50.7 Å². The highest BCUT2D eigenvalue weighted by Crippen LogP contribution is 2.49. The van der Waals surface area contributed by atoms with Crippen LogP contribution < -0.4 is 0 Å². The van der Waals surface area contributed by atoms with Gasteiger partial charge in [-0.3, -0.25) is 9.80 Å². The molecule has 1 saturated heterocycles. The molecule has 3 aliphatic rings. The minimum Gasteiger partial charge on any atom is -0.327 e. The van der Waals surface area contributed by atoms with Crippen molar-refractivity contribution >= 4 is 16.9 Å². The van der Waals surface area contributed by atoms with Gasteiger partial charge in [0.2, 0.25) is 5.91 Å². The van der Waals surface area contributed by atoms with Crippen LogP contribution in [-0.2, 0) is 17.8 Å². The van der Waals surface area contributed by atoms with Crippen LogP contribution >= 0.6 is 0 Å². The Hall–Kier alpha value is -1.88. The molecule has 138 valence electrons. The number of imidazole rings is 1. The lowest BCUT2D eigenvalue weighted by Gasteiger charge is -2.37. The van der Waals surface area contributed by atoms with E-state index in [2.05, 4.69) is 34.7 Å². The van der Waals surface area contributed by atoms with Gasteiger partial charge in [-0.1, -0.05) is 18.6 Å². The molecule has 2 aliphatic heterocycles. The molecule has 2 fully saturated rings. The highest BCUT2D eigenvalue weighted by atomic mass is 16.2. The third-order valence-corrected chi connectivity index (χ3v) is 6.37. The number of hydrogen-bond acceptors (Lipinski definition) is 3. The van der Waals surface area contributed by atoms with E-state index in [0.717, 1.165) is 50.4 Å². The Morgan fingerprint density at radius 2 is 2.04 bits per heavy atom. The van der Waals surface area contributed by atoms with Crippen LogP contribution in [0.4, 0.5) is 0 Å². The van der Waals surface area contributed by atoms with Crippen molar-refractivity contribution in [3.05, 3.63) is 29.6 Å². The molecule has 0 spiro atoms. The second-order valence-corrected chi connectivity index (χ2v) is 8.03. The van der Waals surface area contributed by atoms with E-state index < -0.39 is 0 Å². The number of nitrogens with zero attached hydrogens (tertiary/aromatic N) is 4. The summed E-state index contributed by atoms with van der Waals surface area (Å²) in [5.74, 6) is 1.89. The molecule has 2 atom stereocenters. The number of aryl methyl sites for hydroxylation is 2. The summed E-state index contributed by atoms with van der Waals surface area (Å²) < 4.78 is 2.41. The van der Waals surface area contributed by atoms with Gasteiger partial charge in [0.25, 0.3) is 0 Å². The number of aromatic nitrogens is 2. The van der Waals surface area contributed by atoms with Crippen molar-refractivity contribution in [3.63, 3.8) is 0 Å². The van der Waals surface area contributed by atoms with Gasteiger partial charge in [-0.25, -0.2) is 9.99 Å². The maximum Gasteiger partial charge on any atom is 0.240 e. The monoisotopic (exact) mass is 352 g/mol. The minimum absolute atomic E-state index is 0.121. The average Bonchev–Trinajstić information content (AvgIpc) is 3.40. The van der Waals surface area contributed by atoms with E-state index in [9.17, 15) is 4.79 Å². The lowest BCUT2D eigenvalue weighted by Crippen LogP contribution is -2.49. The van der Waals surface area contributed by atoms with Crippen LogP contribution in [0.3, 0.4) is 0 Å². The SMILES string of the molecule is CCN(C(=O)C1CC1c1nc2cccc3c2n1CCC3)N1CCCCC1. The molecule has 3 heterocycles. The number of benzene rings is 1. The second kappa shape index (κ2) is 6.38. The van der Waals surface area contributed by atoms with E-state index in [1.54, 1.807) is 0 Å². The summed E-state index contributed by atoms with van der Waals surface area (Å²) in [6, 6.07) is 6.47. The van der Waals surface area contributed by atoms with E-state index in [0.29, 0.717) is 11.8 Å². The molecule has 2 aromatic rings. The molecule has 1 aromatic carbocycles. The molecule has 5 nitrogen and oxygen atoms in total. The Balaban J connectivity index is 1.39. The van der Waals surface area contributed by atoms with E-state index in [1.165, 1.54) is 36.8 Å². The van der Waals surface area contributed by atoms with Crippen LogP contribution in [0, 0.1) is 5.92 Å². The third kappa shape index (κ3) is 2.56. The zero-order valence-electron chi connectivity index (χ0n) is 15.7. The number of piperidine rings is 1. The summed E-state index contributed by atoms with van der Waals surface area (Å²) in [4.78, 5) is 18.1. The van der Waals surface area contributed by atoms with Crippen LogP contribution in [0.15, 0.2) is 18.2 Å². The molecule has 2 unspecified atom stereocenters. The summed E-state index contributed by atoms with van der Waals surface area (Å²) in [6.07, 6.45) is 6.99. The van der Waals surface area contributed by atoms with Crippen molar-refractivity contribution in [2.75, 3.05) is 19.6 Å². The van der Waals surface area contributed by atoms with E-state index in [4.69, 9.17) is 4.98 Å². The maximum absolute atomic E-state index is 13.2. The number of carbonyl (C=O) groups excluding carboxylic acids is 1. The van der Waals surface area contributed by atoms with Gasteiger partial charge in [0.1, 0.15) is 5.82 Å². The lowest BCUT2D eigenvalue weighted by molar-refractivity contribution is -0.152. The molecule has 1 saturated carbocycles. The Morgan fingerprint density at radius 3 is 2.85 bits per heavy atom. The first-order valence-corrected chi connectivity index (χ1v) is 10.3. The number of carbonyl (C=O) groups is 1. The molecule has 5 rings (SSSR count). The molecule has 1 amide bonds. The molecule has 5 heteroatoms. The number of hydrogen-bond donors (Lipinski definition) is 0. The molecule has 0 N–H and O–H groups in total. The quantitative estimate of drug-likeness (QED) is 0.847. The third-order valence-electron chi connectivity index (χ3n) is 6.37. The molecular formula is C21H28N4O. The summed E-state index contributed by atoms with van der Waals surface area (Å²) in [5, 5.41) is 4.31. The average molecular weight is 352 g/mol. The summed E-state index contributed by atoms with van der Waals surface area (Å²) in [5.41, 5.74) is 3.84. The first-order valence-electron chi connectivity index (χ1n) is 10.3. The number of rotatable bonds is 4. The van der Waals surface area contributed by atoms with Gasteiger partial charge in [-0.2, -0.15) is 0 Å². The Bertz CT molecular complexity index is 836. The van der Waals surface area contributed by atoms with Crippen molar-refractivity contribution in [2.45, 2.75) is 57.9 Å². The first kappa shape index (κ1) is 16.3. The molecule has 1 aliphatic carbocycles. The minimum atomic E-state index is 0.121. The highest BCUT2D eigenvalue weighted by molar-refractivity contribution is 5.84. The predicted octanol–water partition coefficient (Wildman–Crippen LogP) is 3.34. The Kier molecular flexibility index (Phi) is 4.00. The van der Waals surface area contributed by atoms with Crippen molar-refractivity contribution in [1.29, 1.82) is 0 Å². The lowest BCUT2D eigenvalue weighted by atomic mass is 10.0. The zero-order chi connectivity index (χ0) is 17.7. The van der Waals surface area contributed by atoms with Crippen molar-refractivity contribution in [1.82, 2.24) is 19.6 Å². The van der Waals surface area contributed by atoms with Gasteiger partial charge >= 0.3 is 0 Å². The molecule has 0 bridgehead atoms. The van der Waals surface area contributed by atoms with Crippen LogP contribution in [-0.4, -0.2) is 45.1 Å². The predicted molar refractivity (Wildman–Crippen MR) is 102 cm³/mol. The normalized spacial score (nSPS) is 25.4. The fourth-order valence-electron chi connectivity index (χ4n) is 4.98. The van der Waals surface area contributed by atoms with Crippen molar-refractivity contribution < 1.29 is 4.79 Å². The van der Waals surface area contributed by atoms with Gasteiger partial charge in [0, 0.05) is 32.1 Å². The molecule has 0 radical (unpaired) electrons. The Morgan fingerprint density at radius 1 is 1.19 bits per heavy atom. The van der Waals surface area contributed by atoms with Crippen LogP contribution in [0.2, 0.25) is 0 Å². The van der Waals surface area contributed by atoms with Gasteiger partial charge in [0.15, 0.2) is 0 Å². The van der Waals surface area contributed by atoms with Crippen molar-refractivity contribution in [3.8, 4) is 0 Å². The standard InChI is InChI=1S/C21H28N4O/c1-2-25(23-11-4-3-5-12-23)21(26)17-14-16(17)20-22-18-10-6-8-15-9-7-13-24(20)19(15)18/h6,8,10,16-17H,2-5,7,9,11-14H2,1H3. The van der Waals surface area contributed by atoms with Gasteiger partial charge < -0.3 is 4.57 Å². The molecule has 26 heavy (non-hydrogen) atoms. The number of para-hydroxylation sites is 1. The summed E-state index contributed by atoms with van der Waals surface area (Å²) in [6.45, 7) is 5.98. The molecular weight excluding hydrogens is 324 g/mol. The second-order valence-electron chi connectivity index (χ2n) is 8.03. The number of hydrazine groups is 1. The fraction of sp³-hybridized carbons (Fsp3) is 0.619. The number of amides is 1. The largest absolute Gasteiger partial charge is 0.327 e. The Labute approximate surface area is 154 Å². The highest BCUT2D eigenvalue weighted by Gasteiger charge is 2.49. The first-order chi connectivity index (χ1) is 12.8. The summed E-state index contributed by atoms with van der Waals surface area (Å²) in [7, 11) is 0. The van der Waals surface area contributed by atoms with Gasteiger partial charge in [-0.15, -0.1) is 0 Å². The van der Waals surface area contributed by atoms with Gasteiger partial charge in [0.05, 0.1) is 17.0 Å². The van der Waals surface area contributed by atoms with Crippen LogP contribution in [0.5, 0.6) is 0 Å². The fourth-order valence-corrected chi connectivity index (χ4v) is 4.98. The topological polar surface area (TPSA) is 41.4 Å². The van der Waals surface area contributed by atoms with Crippen LogP contribution in [0.25, 0.3) is 11.0 Å². The van der Waals surface area contributed by atoms with Crippen molar-refractivity contribution in [2.24, 2.45) is 5.92 Å².